The largest absolute Gasteiger partial charge is 0.451 e. The van der Waals surface area contributed by atoms with Gasteiger partial charge in [-0.2, -0.15) is 0 Å². The first-order valence-corrected chi connectivity index (χ1v) is 7.54. The molecule has 3 rings (SSSR count). The van der Waals surface area contributed by atoms with Crippen molar-refractivity contribution >= 4 is 17.5 Å². The zero-order valence-corrected chi connectivity index (χ0v) is 12.6. The smallest absolute Gasteiger partial charge is 0.310 e. The Kier molecular flexibility index (Phi) is 4.77. The fourth-order valence-corrected chi connectivity index (χ4v) is 2.47. The molecule has 1 N–H and O–H groups in total. The Bertz CT molecular complexity index is 649. The van der Waals surface area contributed by atoms with Crippen LogP contribution in [-0.4, -0.2) is 18.8 Å². The van der Waals surface area contributed by atoms with Gasteiger partial charge in [0.25, 0.3) is 0 Å². The number of ether oxygens (including phenoxy) is 1. The lowest BCUT2D eigenvalue weighted by atomic mass is 10.2. The number of nitrogens with one attached hydrogen (secondary N) is 1. The minimum atomic E-state index is -0.451. The van der Waals surface area contributed by atoms with Gasteiger partial charge in [0, 0.05) is 18.6 Å². The van der Waals surface area contributed by atoms with E-state index >= 15 is 0 Å². The maximum absolute atomic E-state index is 12.0. The average molecular weight is 322 g/mol. The van der Waals surface area contributed by atoms with E-state index in [9.17, 15) is 4.79 Å². The summed E-state index contributed by atoms with van der Waals surface area (Å²) in [5.41, 5.74) is 3.09. The highest BCUT2D eigenvalue weighted by molar-refractivity contribution is 6.33. The number of furan rings is 1. The molecule has 0 bridgehead atoms. The van der Waals surface area contributed by atoms with Gasteiger partial charge in [0.2, 0.25) is 0 Å². The van der Waals surface area contributed by atoms with Crippen LogP contribution < -0.4 is 5.48 Å². The summed E-state index contributed by atoms with van der Waals surface area (Å²) in [6, 6.07) is 10.6. The van der Waals surface area contributed by atoms with Gasteiger partial charge in [-0.05, 0) is 37.1 Å². The van der Waals surface area contributed by atoms with E-state index in [-0.39, 0.29) is 5.76 Å². The number of halogens is 1. The van der Waals surface area contributed by atoms with Crippen LogP contribution in [0.2, 0.25) is 5.02 Å². The number of amides is 1. The second-order valence-electron chi connectivity index (χ2n) is 4.99. The summed E-state index contributed by atoms with van der Waals surface area (Å²) in [5.74, 6) is 0.239. The fraction of sp³-hybridized carbons (Fsp3) is 0.312. The van der Waals surface area contributed by atoms with Crippen LogP contribution in [0.25, 0.3) is 11.3 Å². The van der Waals surface area contributed by atoms with Crippen LogP contribution in [-0.2, 0) is 9.57 Å². The summed E-state index contributed by atoms with van der Waals surface area (Å²) in [6.07, 6.45) is 2.42. The monoisotopic (exact) mass is 321 g/mol. The van der Waals surface area contributed by atoms with Crippen LogP contribution >= 0.6 is 11.6 Å². The summed E-state index contributed by atoms with van der Waals surface area (Å²) in [5, 5.41) is 0.565. The SMILES string of the molecule is O=C(NO[C@@H]1CCCCO1)c1ccc(-c2ccccc2Cl)o1. The second-order valence-corrected chi connectivity index (χ2v) is 5.40. The minimum absolute atomic E-state index is 0.158. The lowest BCUT2D eigenvalue weighted by Crippen LogP contribution is -2.32. The molecular formula is C16H16ClNO4. The summed E-state index contributed by atoms with van der Waals surface area (Å²) < 4.78 is 10.9. The molecule has 5 nitrogen and oxygen atoms in total. The van der Waals surface area contributed by atoms with Crippen LogP contribution in [0, 0.1) is 0 Å². The molecule has 0 saturated carbocycles. The third-order valence-corrected chi connectivity index (χ3v) is 3.72. The van der Waals surface area contributed by atoms with Crippen molar-refractivity contribution in [3.05, 3.63) is 47.2 Å². The van der Waals surface area contributed by atoms with Gasteiger partial charge in [0.05, 0.1) is 5.02 Å². The molecule has 0 radical (unpaired) electrons. The van der Waals surface area contributed by atoms with Crippen molar-refractivity contribution in [2.24, 2.45) is 0 Å². The first kappa shape index (κ1) is 15.1. The zero-order valence-electron chi connectivity index (χ0n) is 11.9. The molecule has 1 aliphatic heterocycles. The molecule has 0 unspecified atom stereocenters. The molecule has 1 aromatic carbocycles. The molecule has 0 aliphatic carbocycles. The third kappa shape index (κ3) is 3.50. The van der Waals surface area contributed by atoms with Crippen molar-refractivity contribution in [2.75, 3.05) is 6.61 Å². The maximum atomic E-state index is 12.0. The highest BCUT2D eigenvalue weighted by atomic mass is 35.5. The standard InChI is InChI=1S/C16H16ClNO4/c17-12-6-2-1-5-11(12)13-8-9-14(21-13)16(19)18-22-15-7-3-4-10-20-15/h1-2,5-6,8-9,15H,3-4,7,10H2,(H,18,19)/t15-/m1/s1. The number of benzene rings is 1. The predicted octanol–water partition coefficient (Wildman–Crippen LogP) is 3.79. The van der Waals surface area contributed by atoms with E-state index in [1.807, 2.05) is 18.2 Å². The van der Waals surface area contributed by atoms with Gasteiger partial charge >= 0.3 is 5.91 Å². The van der Waals surface area contributed by atoms with Gasteiger partial charge in [-0.1, -0.05) is 23.7 Å². The minimum Gasteiger partial charge on any atom is -0.451 e. The quantitative estimate of drug-likeness (QED) is 0.870. The number of rotatable bonds is 4. The van der Waals surface area contributed by atoms with E-state index in [4.69, 9.17) is 25.6 Å². The van der Waals surface area contributed by atoms with Gasteiger partial charge in [0.15, 0.2) is 12.1 Å². The zero-order chi connectivity index (χ0) is 15.4. The molecule has 1 aliphatic rings. The Hall–Kier alpha value is -1.82. The van der Waals surface area contributed by atoms with E-state index < -0.39 is 12.2 Å². The Balaban J connectivity index is 1.63. The molecule has 2 heterocycles. The van der Waals surface area contributed by atoms with Gasteiger partial charge < -0.3 is 9.15 Å². The third-order valence-electron chi connectivity index (χ3n) is 3.39. The van der Waals surface area contributed by atoms with Crippen molar-refractivity contribution in [3.8, 4) is 11.3 Å². The van der Waals surface area contributed by atoms with E-state index in [0.717, 1.165) is 24.8 Å². The van der Waals surface area contributed by atoms with Crippen molar-refractivity contribution in [1.82, 2.24) is 5.48 Å². The van der Waals surface area contributed by atoms with E-state index in [0.29, 0.717) is 17.4 Å². The lowest BCUT2D eigenvalue weighted by molar-refractivity contribution is -0.187. The Morgan fingerprint density at radius 1 is 1.23 bits per heavy atom. The van der Waals surface area contributed by atoms with E-state index in [2.05, 4.69) is 5.48 Å². The molecule has 1 aromatic heterocycles. The molecule has 2 aromatic rings. The summed E-state index contributed by atoms with van der Waals surface area (Å²) in [7, 11) is 0. The van der Waals surface area contributed by atoms with Crippen molar-refractivity contribution in [3.63, 3.8) is 0 Å². The summed E-state index contributed by atoms with van der Waals surface area (Å²) in [4.78, 5) is 17.2. The van der Waals surface area contributed by atoms with Crippen molar-refractivity contribution in [1.29, 1.82) is 0 Å². The van der Waals surface area contributed by atoms with Gasteiger partial charge in [-0.25, -0.2) is 10.3 Å². The second kappa shape index (κ2) is 6.96. The molecule has 0 spiro atoms. The molecule has 1 atom stereocenters. The Morgan fingerprint density at radius 3 is 2.86 bits per heavy atom. The number of carbonyl (C=O) groups excluding carboxylic acids is 1. The van der Waals surface area contributed by atoms with Crippen LogP contribution in [0.4, 0.5) is 0 Å². The topological polar surface area (TPSA) is 60.7 Å². The molecule has 1 saturated heterocycles. The molecule has 22 heavy (non-hydrogen) atoms. The predicted molar refractivity (Wildman–Crippen MR) is 81.3 cm³/mol. The molecule has 1 amide bonds. The van der Waals surface area contributed by atoms with Crippen LogP contribution in [0.5, 0.6) is 0 Å². The highest BCUT2D eigenvalue weighted by Gasteiger charge is 2.18. The van der Waals surface area contributed by atoms with Crippen LogP contribution in [0.1, 0.15) is 29.8 Å². The Morgan fingerprint density at radius 2 is 2.09 bits per heavy atom. The van der Waals surface area contributed by atoms with Crippen LogP contribution in [0.3, 0.4) is 0 Å². The van der Waals surface area contributed by atoms with Crippen molar-refractivity contribution in [2.45, 2.75) is 25.6 Å². The maximum Gasteiger partial charge on any atom is 0.310 e. The lowest BCUT2D eigenvalue weighted by Gasteiger charge is -2.21. The molecule has 6 heteroatoms. The number of carbonyl (C=O) groups is 1. The van der Waals surface area contributed by atoms with Crippen LogP contribution in [0.15, 0.2) is 40.8 Å². The Labute approximate surface area is 133 Å². The molecule has 1 fully saturated rings. The summed E-state index contributed by atoms with van der Waals surface area (Å²) >= 11 is 6.11. The number of hydroxylamine groups is 1. The first-order chi connectivity index (χ1) is 10.7. The normalized spacial score (nSPS) is 18.1. The molecular weight excluding hydrogens is 306 g/mol. The van der Waals surface area contributed by atoms with Crippen molar-refractivity contribution < 1.29 is 18.8 Å². The van der Waals surface area contributed by atoms with Gasteiger partial charge in [-0.3, -0.25) is 4.79 Å². The fourth-order valence-electron chi connectivity index (χ4n) is 2.24. The average Bonchev–Trinajstić information content (AvgIpc) is 3.04. The number of hydrogen-bond donors (Lipinski definition) is 1. The number of hydrogen-bond acceptors (Lipinski definition) is 4. The van der Waals surface area contributed by atoms with Gasteiger partial charge in [-0.15, -0.1) is 0 Å². The summed E-state index contributed by atoms with van der Waals surface area (Å²) in [6.45, 7) is 0.651. The van der Waals surface area contributed by atoms with Gasteiger partial charge in [0.1, 0.15) is 5.76 Å². The molecule has 116 valence electrons. The first-order valence-electron chi connectivity index (χ1n) is 7.16. The van der Waals surface area contributed by atoms with E-state index in [1.165, 1.54) is 0 Å². The highest BCUT2D eigenvalue weighted by Crippen LogP contribution is 2.29. The van der Waals surface area contributed by atoms with E-state index in [1.54, 1.807) is 18.2 Å².